The SMILES string of the molecule is CCCCN(C)C(=O)CN(c1cccc(C(C)=O)c1)S(C)(=O)=O. The van der Waals surface area contributed by atoms with Crippen molar-refractivity contribution in [2.24, 2.45) is 0 Å². The number of amides is 1. The Morgan fingerprint density at radius 1 is 1.22 bits per heavy atom. The first-order chi connectivity index (χ1) is 10.7. The highest BCUT2D eigenvalue weighted by atomic mass is 32.2. The molecule has 0 fully saturated rings. The molecule has 0 aliphatic rings. The maximum Gasteiger partial charge on any atom is 0.243 e. The number of likely N-dealkylation sites (N-methyl/N-ethyl adjacent to an activating group) is 1. The standard InChI is InChI=1S/C16H24N2O4S/c1-5-6-10-17(3)16(20)12-18(23(4,21)22)15-9-7-8-14(11-15)13(2)19/h7-9,11H,5-6,10,12H2,1-4H3. The predicted molar refractivity (Wildman–Crippen MR) is 91.2 cm³/mol. The Bertz CT molecular complexity index is 670. The second kappa shape index (κ2) is 8.10. The normalized spacial score (nSPS) is 11.1. The van der Waals surface area contributed by atoms with E-state index >= 15 is 0 Å². The fourth-order valence-electron chi connectivity index (χ4n) is 2.04. The molecular formula is C16H24N2O4S. The summed E-state index contributed by atoms with van der Waals surface area (Å²) >= 11 is 0. The zero-order valence-electron chi connectivity index (χ0n) is 14.1. The number of carbonyl (C=O) groups excluding carboxylic acids is 2. The average molecular weight is 340 g/mol. The molecule has 23 heavy (non-hydrogen) atoms. The minimum atomic E-state index is -3.63. The van der Waals surface area contributed by atoms with Gasteiger partial charge in [-0.2, -0.15) is 0 Å². The molecule has 0 unspecified atom stereocenters. The molecule has 6 nitrogen and oxygen atoms in total. The summed E-state index contributed by atoms with van der Waals surface area (Å²) in [6, 6.07) is 6.28. The van der Waals surface area contributed by atoms with Gasteiger partial charge in [-0.15, -0.1) is 0 Å². The Morgan fingerprint density at radius 3 is 2.39 bits per heavy atom. The molecule has 0 spiro atoms. The summed E-state index contributed by atoms with van der Waals surface area (Å²) in [6.07, 6.45) is 2.86. The monoisotopic (exact) mass is 340 g/mol. The summed E-state index contributed by atoms with van der Waals surface area (Å²) < 4.78 is 25.1. The van der Waals surface area contributed by atoms with Crippen LogP contribution < -0.4 is 4.31 Å². The van der Waals surface area contributed by atoms with Gasteiger partial charge in [-0.25, -0.2) is 8.42 Å². The first kappa shape index (κ1) is 19.2. The summed E-state index contributed by atoms with van der Waals surface area (Å²) in [7, 11) is -1.98. The molecule has 0 saturated carbocycles. The molecule has 1 aromatic carbocycles. The number of hydrogen-bond acceptors (Lipinski definition) is 4. The van der Waals surface area contributed by atoms with Crippen LogP contribution in [0.25, 0.3) is 0 Å². The zero-order valence-corrected chi connectivity index (χ0v) is 14.9. The van der Waals surface area contributed by atoms with Crippen LogP contribution in [0.15, 0.2) is 24.3 Å². The molecule has 1 rings (SSSR count). The summed E-state index contributed by atoms with van der Waals surface area (Å²) in [4.78, 5) is 25.3. The predicted octanol–water partition coefficient (Wildman–Crippen LogP) is 1.91. The minimum absolute atomic E-state index is 0.160. The van der Waals surface area contributed by atoms with E-state index in [-0.39, 0.29) is 18.2 Å². The molecule has 0 aliphatic carbocycles. The van der Waals surface area contributed by atoms with Crippen molar-refractivity contribution in [1.82, 2.24) is 4.90 Å². The first-order valence-corrected chi connectivity index (χ1v) is 9.34. The molecule has 0 atom stereocenters. The van der Waals surface area contributed by atoms with E-state index in [2.05, 4.69) is 0 Å². The minimum Gasteiger partial charge on any atom is -0.344 e. The van der Waals surface area contributed by atoms with Gasteiger partial charge in [0.25, 0.3) is 0 Å². The Balaban J connectivity index is 3.05. The van der Waals surface area contributed by atoms with Gasteiger partial charge in [-0.3, -0.25) is 13.9 Å². The average Bonchev–Trinajstić information content (AvgIpc) is 2.48. The highest BCUT2D eigenvalue weighted by Gasteiger charge is 2.23. The van der Waals surface area contributed by atoms with Crippen LogP contribution in [0.3, 0.4) is 0 Å². The summed E-state index contributed by atoms with van der Waals surface area (Å²) in [5.74, 6) is -0.441. The van der Waals surface area contributed by atoms with Crippen molar-refractivity contribution in [2.75, 3.05) is 30.7 Å². The first-order valence-electron chi connectivity index (χ1n) is 7.49. The molecule has 0 aromatic heterocycles. The quantitative estimate of drug-likeness (QED) is 0.678. The van der Waals surface area contributed by atoms with E-state index in [9.17, 15) is 18.0 Å². The summed E-state index contributed by atoms with van der Waals surface area (Å²) in [5.41, 5.74) is 0.723. The maximum absolute atomic E-state index is 12.3. The van der Waals surface area contributed by atoms with Crippen molar-refractivity contribution in [3.63, 3.8) is 0 Å². The summed E-state index contributed by atoms with van der Waals surface area (Å²) in [5, 5.41) is 0. The van der Waals surface area contributed by atoms with Gasteiger partial charge in [0.05, 0.1) is 11.9 Å². The van der Waals surface area contributed by atoms with E-state index in [0.29, 0.717) is 17.8 Å². The Labute approximate surface area is 138 Å². The topological polar surface area (TPSA) is 74.8 Å². The second-order valence-corrected chi connectivity index (χ2v) is 7.45. The van der Waals surface area contributed by atoms with Crippen molar-refractivity contribution in [3.05, 3.63) is 29.8 Å². The number of anilines is 1. The van der Waals surface area contributed by atoms with Gasteiger partial charge >= 0.3 is 0 Å². The van der Waals surface area contributed by atoms with E-state index in [1.165, 1.54) is 17.9 Å². The van der Waals surface area contributed by atoms with Crippen molar-refractivity contribution in [2.45, 2.75) is 26.7 Å². The third kappa shape index (κ3) is 5.67. The number of nitrogens with zero attached hydrogens (tertiary/aromatic N) is 2. The number of benzene rings is 1. The van der Waals surface area contributed by atoms with Gasteiger partial charge in [0.2, 0.25) is 15.9 Å². The lowest BCUT2D eigenvalue weighted by Gasteiger charge is -2.25. The van der Waals surface area contributed by atoms with Gasteiger partial charge in [0.15, 0.2) is 5.78 Å². The maximum atomic E-state index is 12.3. The number of rotatable bonds is 8. The van der Waals surface area contributed by atoms with Gasteiger partial charge in [-0.1, -0.05) is 25.5 Å². The number of ketones is 1. The Morgan fingerprint density at radius 2 is 1.87 bits per heavy atom. The fourth-order valence-corrected chi connectivity index (χ4v) is 2.89. The third-order valence-electron chi connectivity index (χ3n) is 3.49. The second-order valence-electron chi connectivity index (χ2n) is 5.54. The van der Waals surface area contributed by atoms with E-state index in [1.807, 2.05) is 6.92 Å². The molecular weight excluding hydrogens is 316 g/mol. The number of hydrogen-bond donors (Lipinski definition) is 0. The lowest BCUT2D eigenvalue weighted by Crippen LogP contribution is -2.41. The van der Waals surface area contributed by atoms with Crippen molar-refractivity contribution < 1.29 is 18.0 Å². The molecule has 7 heteroatoms. The molecule has 0 N–H and O–H groups in total. The largest absolute Gasteiger partial charge is 0.344 e. The number of sulfonamides is 1. The third-order valence-corrected chi connectivity index (χ3v) is 4.63. The smallest absolute Gasteiger partial charge is 0.243 e. The molecule has 0 aliphatic heterocycles. The van der Waals surface area contributed by atoms with Gasteiger partial charge in [0.1, 0.15) is 6.54 Å². The lowest BCUT2D eigenvalue weighted by atomic mass is 10.1. The summed E-state index contributed by atoms with van der Waals surface area (Å²) in [6.45, 7) is 3.74. The van der Waals surface area contributed by atoms with Crippen molar-refractivity contribution in [1.29, 1.82) is 0 Å². The van der Waals surface area contributed by atoms with E-state index in [0.717, 1.165) is 23.4 Å². The number of carbonyl (C=O) groups is 2. The number of unbranched alkanes of at least 4 members (excludes halogenated alkanes) is 1. The van der Waals surface area contributed by atoms with Crippen LogP contribution in [-0.2, 0) is 14.8 Å². The van der Waals surface area contributed by atoms with E-state index in [1.54, 1.807) is 25.2 Å². The van der Waals surface area contributed by atoms with E-state index in [4.69, 9.17) is 0 Å². The Hall–Kier alpha value is -1.89. The van der Waals surface area contributed by atoms with Crippen LogP contribution in [0.5, 0.6) is 0 Å². The van der Waals surface area contributed by atoms with Crippen LogP contribution in [0.4, 0.5) is 5.69 Å². The Kier molecular flexibility index (Phi) is 6.75. The van der Waals surface area contributed by atoms with Crippen LogP contribution >= 0.6 is 0 Å². The van der Waals surface area contributed by atoms with Crippen LogP contribution in [-0.4, -0.2) is 51.4 Å². The fraction of sp³-hybridized carbons (Fsp3) is 0.500. The van der Waals surface area contributed by atoms with Crippen LogP contribution in [0, 0.1) is 0 Å². The van der Waals surface area contributed by atoms with E-state index < -0.39 is 10.0 Å². The molecule has 128 valence electrons. The zero-order chi connectivity index (χ0) is 17.6. The van der Waals surface area contributed by atoms with Gasteiger partial charge < -0.3 is 4.90 Å². The number of Topliss-reactive ketones (excluding diaryl/α,β-unsaturated/α-hetero) is 1. The highest BCUT2D eigenvalue weighted by Crippen LogP contribution is 2.19. The highest BCUT2D eigenvalue weighted by molar-refractivity contribution is 7.92. The van der Waals surface area contributed by atoms with Crippen molar-refractivity contribution >= 4 is 27.4 Å². The lowest BCUT2D eigenvalue weighted by molar-refractivity contribution is -0.128. The molecule has 0 radical (unpaired) electrons. The molecule has 0 saturated heterocycles. The van der Waals surface area contributed by atoms with Gasteiger partial charge in [-0.05, 0) is 25.5 Å². The van der Waals surface area contributed by atoms with Crippen LogP contribution in [0.2, 0.25) is 0 Å². The molecule has 1 aromatic rings. The molecule has 0 heterocycles. The van der Waals surface area contributed by atoms with Crippen LogP contribution in [0.1, 0.15) is 37.0 Å². The van der Waals surface area contributed by atoms with Crippen molar-refractivity contribution in [3.8, 4) is 0 Å². The molecule has 0 bridgehead atoms. The van der Waals surface area contributed by atoms with Gasteiger partial charge in [0, 0.05) is 19.2 Å². The molecule has 1 amide bonds.